The van der Waals surface area contributed by atoms with Crippen LogP contribution in [0.3, 0.4) is 0 Å². The number of hydrogen-bond donors (Lipinski definition) is 4. The molecule has 0 spiro atoms. The van der Waals surface area contributed by atoms with Crippen molar-refractivity contribution in [2.45, 2.75) is 50.6 Å². The van der Waals surface area contributed by atoms with Gasteiger partial charge in [0.15, 0.2) is 0 Å². The van der Waals surface area contributed by atoms with Crippen LogP contribution in [0.5, 0.6) is 0 Å². The SMILES string of the molecule is NCCCC[C@H](N)C(=O)[O-].NCCCC[C@H](N)C(=O)[O-].[Ni+2]. The second-order valence-electron chi connectivity index (χ2n) is 4.42. The molecule has 8 N–H and O–H groups in total. The predicted molar refractivity (Wildman–Crippen MR) is 71.8 cm³/mol. The van der Waals surface area contributed by atoms with E-state index in [1.165, 1.54) is 0 Å². The zero-order valence-electron chi connectivity index (χ0n) is 12.1. The first-order chi connectivity index (χ1) is 9.36. The van der Waals surface area contributed by atoms with Gasteiger partial charge < -0.3 is 42.7 Å². The molecule has 0 aromatic heterocycles. The fourth-order valence-electron chi connectivity index (χ4n) is 1.25. The molecule has 2 atom stereocenters. The Kier molecular flexibility index (Phi) is 20.8. The summed E-state index contributed by atoms with van der Waals surface area (Å²) in [5.41, 5.74) is 20.7. The number of carboxylic acids is 2. The van der Waals surface area contributed by atoms with E-state index in [0.29, 0.717) is 25.9 Å². The molecule has 0 aliphatic heterocycles. The zero-order chi connectivity index (χ0) is 16.0. The Balaban J connectivity index is -0.000000295. The normalized spacial score (nSPS) is 12.4. The number of carbonyl (C=O) groups is 2. The quantitative estimate of drug-likeness (QED) is 0.230. The maximum Gasteiger partial charge on any atom is 2.00 e. The van der Waals surface area contributed by atoms with Crippen molar-refractivity contribution in [2.75, 3.05) is 13.1 Å². The summed E-state index contributed by atoms with van der Waals surface area (Å²) in [6.45, 7) is 1.17. The van der Waals surface area contributed by atoms with E-state index >= 15 is 0 Å². The molecule has 0 heterocycles. The Bertz CT molecular complexity index is 244. The van der Waals surface area contributed by atoms with E-state index < -0.39 is 24.0 Å². The molecule has 0 unspecified atom stereocenters. The summed E-state index contributed by atoms with van der Waals surface area (Å²) in [4.78, 5) is 20.1. The molecule has 0 rings (SSSR count). The molecule has 9 heteroatoms. The third-order valence-corrected chi connectivity index (χ3v) is 2.54. The van der Waals surface area contributed by atoms with Crippen LogP contribution in [0, 0.1) is 0 Å². The van der Waals surface area contributed by atoms with Gasteiger partial charge in [0, 0.05) is 12.1 Å². The van der Waals surface area contributed by atoms with Crippen LogP contribution >= 0.6 is 0 Å². The van der Waals surface area contributed by atoms with Crippen molar-refractivity contribution in [2.24, 2.45) is 22.9 Å². The molecular formula is C12H26N4NiO4. The molecule has 128 valence electrons. The van der Waals surface area contributed by atoms with Gasteiger partial charge in [-0.1, -0.05) is 12.8 Å². The second-order valence-corrected chi connectivity index (χ2v) is 4.42. The summed E-state index contributed by atoms with van der Waals surface area (Å²) in [5.74, 6) is -2.37. The van der Waals surface area contributed by atoms with Gasteiger partial charge in [0.05, 0.1) is 11.9 Å². The number of carboxylic acid groups (broad SMARTS) is 2. The van der Waals surface area contributed by atoms with Crippen LogP contribution in [0.2, 0.25) is 0 Å². The summed E-state index contributed by atoms with van der Waals surface area (Å²) in [7, 11) is 0. The topological polar surface area (TPSA) is 184 Å². The molecule has 0 aromatic rings. The van der Waals surface area contributed by atoms with Crippen LogP contribution in [0.25, 0.3) is 0 Å². The van der Waals surface area contributed by atoms with Crippen LogP contribution in [-0.4, -0.2) is 37.1 Å². The van der Waals surface area contributed by atoms with Gasteiger partial charge in [-0.3, -0.25) is 0 Å². The number of carbonyl (C=O) groups excluding carboxylic acids is 2. The summed E-state index contributed by atoms with van der Waals surface area (Å²) in [6.07, 6.45) is 4.07. The Morgan fingerprint density at radius 2 is 1.05 bits per heavy atom. The van der Waals surface area contributed by atoms with Crippen LogP contribution in [0.15, 0.2) is 0 Å². The molecule has 0 bridgehead atoms. The molecule has 21 heavy (non-hydrogen) atoms. The molecule has 0 fully saturated rings. The van der Waals surface area contributed by atoms with E-state index in [2.05, 4.69) is 0 Å². The van der Waals surface area contributed by atoms with Crippen molar-refractivity contribution in [3.05, 3.63) is 0 Å². The number of hydrogen-bond acceptors (Lipinski definition) is 8. The molecule has 0 aliphatic carbocycles. The van der Waals surface area contributed by atoms with Gasteiger partial charge in [-0.2, -0.15) is 0 Å². The van der Waals surface area contributed by atoms with E-state index in [9.17, 15) is 19.8 Å². The largest absolute Gasteiger partial charge is 2.00 e. The van der Waals surface area contributed by atoms with Crippen molar-refractivity contribution in [1.82, 2.24) is 0 Å². The van der Waals surface area contributed by atoms with Gasteiger partial charge >= 0.3 is 16.5 Å². The van der Waals surface area contributed by atoms with E-state index in [1.54, 1.807) is 0 Å². The Labute approximate surface area is 135 Å². The number of rotatable bonds is 10. The molecule has 0 aromatic carbocycles. The van der Waals surface area contributed by atoms with Gasteiger partial charge in [-0.15, -0.1) is 0 Å². The molecule has 0 saturated carbocycles. The monoisotopic (exact) mass is 348 g/mol. The smallest absolute Gasteiger partial charge is 0.548 e. The summed E-state index contributed by atoms with van der Waals surface area (Å²) >= 11 is 0. The number of nitrogens with two attached hydrogens (primary N) is 4. The van der Waals surface area contributed by atoms with Crippen LogP contribution in [0.4, 0.5) is 0 Å². The van der Waals surface area contributed by atoms with E-state index in [1.807, 2.05) is 0 Å². The first-order valence-corrected chi connectivity index (χ1v) is 6.69. The van der Waals surface area contributed by atoms with Crippen LogP contribution < -0.4 is 33.1 Å². The Morgan fingerprint density at radius 3 is 1.24 bits per heavy atom. The third-order valence-electron chi connectivity index (χ3n) is 2.54. The number of unbranched alkanes of at least 4 members (excludes halogenated alkanes) is 2. The summed E-state index contributed by atoms with van der Waals surface area (Å²) in [6, 6.07) is -1.65. The van der Waals surface area contributed by atoms with E-state index in [-0.39, 0.29) is 16.5 Å². The second kappa shape index (κ2) is 17.3. The fourth-order valence-corrected chi connectivity index (χ4v) is 1.25. The third kappa shape index (κ3) is 19.3. The average molecular weight is 349 g/mol. The first kappa shape index (κ1) is 25.2. The van der Waals surface area contributed by atoms with Gasteiger partial charge in [-0.05, 0) is 38.8 Å². The first-order valence-electron chi connectivity index (χ1n) is 6.69. The fraction of sp³-hybridized carbons (Fsp3) is 0.833. The van der Waals surface area contributed by atoms with E-state index in [0.717, 1.165) is 25.7 Å². The van der Waals surface area contributed by atoms with Crippen molar-refractivity contribution < 1.29 is 36.3 Å². The van der Waals surface area contributed by atoms with Gasteiger partial charge in [0.25, 0.3) is 0 Å². The Hall–Kier alpha value is -0.726. The Morgan fingerprint density at radius 1 is 0.762 bits per heavy atom. The predicted octanol–water partition coefficient (Wildman–Crippen LogP) is -3.62. The van der Waals surface area contributed by atoms with Gasteiger partial charge in [-0.25, -0.2) is 0 Å². The van der Waals surface area contributed by atoms with Gasteiger partial charge in [0.1, 0.15) is 0 Å². The number of aliphatic carboxylic acids is 2. The molecular weight excluding hydrogens is 323 g/mol. The minimum atomic E-state index is -1.18. The van der Waals surface area contributed by atoms with Crippen molar-refractivity contribution >= 4 is 11.9 Å². The summed E-state index contributed by atoms with van der Waals surface area (Å²) in [5, 5.41) is 20.1. The van der Waals surface area contributed by atoms with Crippen molar-refractivity contribution in [1.29, 1.82) is 0 Å². The van der Waals surface area contributed by atoms with Crippen molar-refractivity contribution in [3.63, 3.8) is 0 Å². The summed E-state index contributed by atoms with van der Waals surface area (Å²) < 4.78 is 0. The van der Waals surface area contributed by atoms with E-state index in [4.69, 9.17) is 22.9 Å². The molecule has 0 radical (unpaired) electrons. The van der Waals surface area contributed by atoms with Crippen LogP contribution in [-0.2, 0) is 26.1 Å². The standard InChI is InChI=1S/2C6H14N2O2.Ni/c2*7-4-2-1-3-5(8)6(9)10;/h2*5H,1-4,7-8H2,(H,9,10);/q;;+2/p-2/t2*5-;/m00./s1. The molecule has 0 amide bonds. The molecule has 8 nitrogen and oxygen atoms in total. The molecule has 0 saturated heterocycles. The zero-order valence-corrected chi connectivity index (χ0v) is 13.1. The molecule has 0 aliphatic rings. The van der Waals surface area contributed by atoms with Crippen molar-refractivity contribution in [3.8, 4) is 0 Å². The van der Waals surface area contributed by atoms with Gasteiger partial charge in [0.2, 0.25) is 0 Å². The maximum absolute atomic E-state index is 10.0. The maximum atomic E-state index is 10.0. The minimum Gasteiger partial charge on any atom is -0.548 e. The van der Waals surface area contributed by atoms with Crippen LogP contribution in [0.1, 0.15) is 38.5 Å². The average Bonchev–Trinajstić information content (AvgIpc) is 2.39. The minimum absolute atomic E-state index is 0.